The van der Waals surface area contributed by atoms with Gasteiger partial charge in [-0.15, -0.1) is 11.3 Å². The first kappa shape index (κ1) is 10.5. The second-order valence-electron chi connectivity index (χ2n) is 3.25. The lowest BCUT2D eigenvalue weighted by molar-refractivity contribution is 0.104. The lowest BCUT2D eigenvalue weighted by Gasteiger charge is -1.95. The number of hydrogen-bond donors (Lipinski definition) is 0. The van der Waals surface area contributed by atoms with Crippen molar-refractivity contribution in [2.24, 2.45) is 0 Å². The monoisotopic (exact) mass is 240 g/mol. The molecule has 0 unspecified atom stereocenters. The molecule has 0 saturated carbocycles. The highest BCUT2D eigenvalue weighted by Gasteiger charge is 2.18. The highest BCUT2D eigenvalue weighted by atomic mass is 35.5. The van der Waals surface area contributed by atoms with Crippen LogP contribution in [0.2, 0.25) is 5.02 Å². The van der Waals surface area contributed by atoms with Gasteiger partial charge in [-0.05, 0) is 31.4 Å². The van der Waals surface area contributed by atoms with E-state index in [1.54, 1.807) is 24.4 Å². The molecule has 2 aromatic heterocycles. The van der Waals surface area contributed by atoms with Crippen LogP contribution < -0.4 is 0 Å². The maximum absolute atomic E-state index is 12.0. The fraction of sp³-hybridized carbons (Fsp3) is 0.182. The number of thiophene rings is 1. The number of furan rings is 1. The van der Waals surface area contributed by atoms with E-state index in [-0.39, 0.29) is 5.78 Å². The number of ketones is 1. The Morgan fingerprint density at radius 3 is 2.67 bits per heavy atom. The third-order valence-electron chi connectivity index (χ3n) is 2.11. The maximum atomic E-state index is 12.0. The van der Waals surface area contributed by atoms with Crippen molar-refractivity contribution < 1.29 is 9.21 Å². The van der Waals surface area contributed by atoms with E-state index in [2.05, 4.69) is 0 Å². The molecule has 2 rings (SSSR count). The predicted octanol–water partition coefficient (Wildman–Crippen LogP) is 3.84. The average molecular weight is 241 g/mol. The molecule has 0 amide bonds. The topological polar surface area (TPSA) is 30.2 Å². The van der Waals surface area contributed by atoms with E-state index in [1.165, 1.54) is 11.3 Å². The zero-order valence-electron chi connectivity index (χ0n) is 8.33. The summed E-state index contributed by atoms with van der Waals surface area (Å²) >= 11 is 7.25. The summed E-state index contributed by atoms with van der Waals surface area (Å²) in [7, 11) is 0. The molecule has 0 aliphatic rings. The summed E-state index contributed by atoms with van der Waals surface area (Å²) in [6.45, 7) is 3.60. The van der Waals surface area contributed by atoms with Crippen molar-refractivity contribution in [2.75, 3.05) is 0 Å². The number of carbonyl (C=O) groups excluding carboxylic acids is 1. The fourth-order valence-corrected chi connectivity index (χ4v) is 2.53. The Morgan fingerprint density at radius 2 is 2.20 bits per heavy atom. The lowest BCUT2D eigenvalue weighted by Crippen LogP contribution is -1.99. The third-order valence-corrected chi connectivity index (χ3v) is 3.45. The molecule has 2 aromatic rings. The summed E-state index contributed by atoms with van der Waals surface area (Å²) in [6, 6.07) is 3.47. The predicted molar refractivity (Wildman–Crippen MR) is 60.9 cm³/mol. The van der Waals surface area contributed by atoms with Crippen LogP contribution in [-0.4, -0.2) is 5.78 Å². The minimum absolute atomic E-state index is 0.0654. The lowest BCUT2D eigenvalue weighted by atomic mass is 10.1. The molecule has 0 aliphatic heterocycles. The number of carbonyl (C=O) groups is 1. The van der Waals surface area contributed by atoms with Crippen molar-refractivity contribution in [3.8, 4) is 0 Å². The van der Waals surface area contributed by atoms with Gasteiger partial charge < -0.3 is 4.42 Å². The molecule has 0 atom stereocenters. The smallest absolute Gasteiger partial charge is 0.207 e. The van der Waals surface area contributed by atoms with Gasteiger partial charge >= 0.3 is 0 Å². The van der Waals surface area contributed by atoms with Crippen molar-refractivity contribution in [3.05, 3.63) is 44.5 Å². The Labute approximate surface area is 96.5 Å². The molecule has 2 heterocycles. The van der Waals surface area contributed by atoms with Gasteiger partial charge in [0, 0.05) is 0 Å². The first-order valence-corrected chi connectivity index (χ1v) is 5.70. The highest BCUT2D eigenvalue weighted by Crippen LogP contribution is 2.27. The van der Waals surface area contributed by atoms with E-state index in [0.29, 0.717) is 21.2 Å². The van der Waals surface area contributed by atoms with Crippen molar-refractivity contribution in [2.45, 2.75) is 13.8 Å². The standard InChI is InChI=1S/C11H9ClO2S/c1-6-5-8(7(2)14-6)10(13)11-9(12)3-4-15-11/h3-5H,1-2H3. The Bertz CT molecular complexity index is 510. The molecule has 0 aliphatic carbocycles. The Hall–Kier alpha value is -1.06. The van der Waals surface area contributed by atoms with Crippen LogP contribution in [0.1, 0.15) is 26.8 Å². The molecule has 4 heteroatoms. The van der Waals surface area contributed by atoms with Gasteiger partial charge in [0.15, 0.2) is 0 Å². The third kappa shape index (κ3) is 1.85. The van der Waals surface area contributed by atoms with Crippen molar-refractivity contribution in [1.82, 2.24) is 0 Å². The van der Waals surface area contributed by atoms with Gasteiger partial charge in [-0.2, -0.15) is 0 Å². The van der Waals surface area contributed by atoms with Crippen LogP contribution in [0.4, 0.5) is 0 Å². The highest BCUT2D eigenvalue weighted by molar-refractivity contribution is 7.13. The number of aryl methyl sites for hydroxylation is 2. The van der Waals surface area contributed by atoms with Gasteiger partial charge in [-0.3, -0.25) is 4.79 Å². The summed E-state index contributed by atoms with van der Waals surface area (Å²) in [5.74, 6) is 1.31. The van der Waals surface area contributed by atoms with Crippen molar-refractivity contribution >= 4 is 28.7 Å². The SMILES string of the molecule is Cc1cc(C(=O)c2sccc2Cl)c(C)o1. The largest absolute Gasteiger partial charge is 0.466 e. The van der Waals surface area contributed by atoms with E-state index in [9.17, 15) is 4.79 Å². The van der Waals surface area contributed by atoms with Crippen LogP contribution >= 0.6 is 22.9 Å². The quantitative estimate of drug-likeness (QED) is 0.747. The molecule has 0 radical (unpaired) electrons. The Kier molecular flexibility index (Phi) is 2.67. The van der Waals surface area contributed by atoms with E-state index < -0.39 is 0 Å². The van der Waals surface area contributed by atoms with Crippen LogP contribution in [0, 0.1) is 13.8 Å². The summed E-state index contributed by atoms with van der Waals surface area (Å²) in [4.78, 5) is 12.6. The van der Waals surface area contributed by atoms with Crippen LogP contribution in [0.3, 0.4) is 0 Å². The van der Waals surface area contributed by atoms with Crippen molar-refractivity contribution in [1.29, 1.82) is 0 Å². The Balaban J connectivity index is 2.45. The van der Waals surface area contributed by atoms with E-state index in [0.717, 1.165) is 5.76 Å². The summed E-state index contributed by atoms with van der Waals surface area (Å²) in [5.41, 5.74) is 0.594. The summed E-state index contributed by atoms with van der Waals surface area (Å²) < 4.78 is 5.31. The number of rotatable bonds is 2. The second-order valence-corrected chi connectivity index (χ2v) is 4.58. The molecule has 2 nitrogen and oxygen atoms in total. The van der Waals surface area contributed by atoms with Crippen LogP contribution in [0.25, 0.3) is 0 Å². The molecule has 0 spiro atoms. The van der Waals surface area contributed by atoms with E-state index in [1.807, 2.05) is 6.92 Å². The fourth-order valence-electron chi connectivity index (χ4n) is 1.43. The molecule has 0 N–H and O–H groups in total. The molecule has 78 valence electrons. The molecular formula is C11H9ClO2S. The first-order valence-electron chi connectivity index (χ1n) is 4.44. The van der Waals surface area contributed by atoms with Crippen LogP contribution in [0.15, 0.2) is 21.9 Å². The zero-order chi connectivity index (χ0) is 11.0. The normalized spacial score (nSPS) is 10.6. The minimum Gasteiger partial charge on any atom is -0.466 e. The number of hydrogen-bond acceptors (Lipinski definition) is 3. The molecule has 0 aromatic carbocycles. The van der Waals surface area contributed by atoms with Gasteiger partial charge in [-0.1, -0.05) is 11.6 Å². The van der Waals surface area contributed by atoms with Gasteiger partial charge in [0.05, 0.1) is 15.5 Å². The van der Waals surface area contributed by atoms with Crippen LogP contribution in [-0.2, 0) is 0 Å². The van der Waals surface area contributed by atoms with Crippen molar-refractivity contribution in [3.63, 3.8) is 0 Å². The number of halogens is 1. The molecule has 15 heavy (non-hydrogen) atoms. The molecule has 0 saturated heterocycles. The van der Waals surface area contributed by atoms with Gasteiger partial charge in [-0.25, -0.2) is 0 Å². The summed E-state index contributed by atoms with van der Waals surface area (Å²) in [5, 5.41) is 2.31. The van der Waals surface area contributed by atoms with E-state index in [4.69, 9.17) is 16.0 Å². The van der Waals surface area contributed by atoms with Crippen LogP contribution in [0.5, 0.6) is 0 Å². The van der Waals surface area contributed by atoms with Gasteiger partial charge in [0.25, 0.3) is 0 Å². The zero-order valence-corrected chi connectivity index (χ0v) is 9.91. The average Bonchev–Trinajstić information content (AvgIpc) is 2.71. The molecular weight excluding hydrogens is 232 g/mol. The molecule has 0 bridgehead atoms. The summed E-state index contributed by atoms with van der Waals surface area (Å²) in [6.07, 6.45) is 0. The maximum Gasteiger partial charge on any atom is 0.207 e. The minimum atomic E-state index is -0.0654. The molecule has 0 fully saturated rings. The second kappa shape index (κ2) is 3.83. The first-order chi connectivity index (χ1) is 7.09. The van der Waals surface area contributed by atoms with E-state index >= 15 is 0 Å². The Morgan fingerprint density at radius 1 is 1.47 bits per heavy atom. The van der Waals surface area contributed by atoms with Gasteiger partial charge in [0.1, 0.15) is 11.5 Å². The van der Waals surface area contributed by atoms with Gasteiger partial charge in [0.2, 0.25) is 5.78 Å².